The van der Waals surface area contributed by atoms with Crippen LogP contribution in [0.5, 0.6) is 0 Å². The van der Waals surface area contributed by atoms with Crippen LogP contribution in [0.15, 0.2) is 17.2 Å². The third kappa shape index (κ3) is 1.98. The quantitative estimate of drug-likeness (QED) is 0.750. The van der Waals surface area contributed by atoms with Crippen molar-refractivity contribution < 1.29 is 4.74 Å². The zero-order chi connectivity index (χ0) is 14.6. The summed E-state index contributed by atoms with van der Waals surface area (Å²) in [6, 6.07) is 2.08. The van der Waals surface area contributed by atoms with Gasteiger partial charge in [-0.05, 0) is 12.0 Å². The van der Waals surface area contributed by atoms with Crippen LogP contribution in [0.1, 0.15) is 25.1 Å². The molecule has 0 saturated heterocycles. The van der Waals surface area contributed by atoms with Gasteiger partial charge in [-0.25, -0.2) is 9.97 Å². The Kier molecular flexibility index (Phi) is 2.83. The Morgan fingerprint density at radius 2 is 2.33 bits per heavy atom. The molecule has 4 heterocycles. The number of thiophene rings is 1. The fraction of sp³-hybridized carbons (Fsp3) is 0.400. The fourth-order valence-electron chi connectivity index (χ4n) is 2.77. The van der Waals surface area contributed by atoms with Crippen LogP contribution in [0.2, 0.25) is 0 Å². The maximum absolute atomic E-state index is 11.9. The van der Waals surface area contributed by atoms with Crippen molar-refractivity contribution in [2.75, 3.05) is 0 Å². The first-order valence-electron chi connectivity index (χ1n) is 7.04. The van der Waals surface area contributed by atoms with Gasteiger partial charge in [-0.2, -0.15) is 0 Å². The minimum absolute atomic E-state index is 0.0997. The van der Waals surface area contributed by atoms with E-state index in [4.69, 9.17) is 9.72 Å². The van der Waals surface area contributed by atoms with E-state index in [2.05, 4.69) is 29.9 Å². The van der Waals surface area contributed by atoms with Gasteiger partial charge in [0.15, 0.2) is 0 Å². The molecule has 3 aromatic heterocycles. The van der Waals surface area contributed by atoms with Crippen molar-refractivity contribution in [1.29, 1.82) is 0 Å². The molecule has 0 fully saturated rings. The highest BCUT2D eigenvalue weighted by atomic mass is 32.1. The van der Waals surface area contributed by atoms with E-state index in [1.165, 1.54) is 17.7 Å². The van der Waals surface area contributed by atoms with Crippen LogP contribution in [0.4, 0.5) is 0 Å². The van der Waals surface area contributed by atoms with E-state index in [9.17, 15) is 4.79 Å². The molecule has 0 amide bonds. The number of H-pyrrole nitrogens is 1. The second-order valence-corrected chi connectivity index (χ2v) is 6.76. The Morgan fingerprint density at radius 1 is 1.48 bits per heavy atom. The minimum atomic E-state index is -0.0997. The Hall–Kier alpha value is -1.79. The number of aromatic amines is 1. The lowest BCUT2D eigenvalue weighted by Gasteiger charge is -2.27. The van der Waals surface area contributed by atoms with E-state index in [0.29, 0.717) is 17.2 Å². The number of fused-ring (bicyclic) bond motifs is 4. The average molecular weight is 301 g/mol. The summed E-state index contributed by atoms with van der Waals surface area (Å²) in [6.45, 7) is 4.91. The number of hydrogen-bond acceptors (Lipinski definition) is 5. The van der Waals surface area contributed by atoms with E-state index in [1.54, 1.807) is 0 Å². The minimum Gasteiger partial charge on any atom is -0.373 e. The van der Waals surface area contributed by atoms with Crippen molar-refractivity contribution in [3.05, 3.63) is 34.0 Å². The van der Waals surface area contributed by atoms with Gasteiger partial charge in [0.1, 0.15) is 9.53 Å². The number of nitrogens with zero attached hydrogens (tertiary/aromatic N) is 2. The van der Waals surface area contributed by atoms with Crippen LogP contribution in [0.3, 0.4) is 0 Å². The monoisotopic (exact) mass is 301 g/mol. The van der Waals surface area contributed by atoms with Crippen molar-refractivity contribution in [3.8, 4) is 0 Å². The summed E-state index contributed by atoms with van der Waals surface area (Å²) < 4.78 is 6.54. The largest absolute Gasteiger partial charge is 0.373 e. The predicted octanol–water partition coefficient (Wildman–Crippen LogP) is 2.63. The molecule has 4 rings (SSSR count). The first-order valence-corrected chi connectivity index (χ1v) is 7.85. The number of pyridine rings is 1. The summed E-state index contributed by atoms with van der Waals surface area (Å²) in [6.07, 6.45) is 2.50. The lowest BCUT2D eigenvalue weighted by atomic mass is 9.97. The second-order valence-electron chi connectivity index (χ2n) is 5.76. The van der Waals surface area contributed by atoms with Gasteiger partial charge >= 0.3 is 0 Å². The van der Waals surface area contributed by atoms with Crippen molar-refractivity contribution in [2.24, 2.45) is 5.92 Å². The van der Waals surface area contributed by atoms with E-state index in [1.807, 2.05) is 0 Å². The molecule has 1 aliphatic rings. The molecule has 1 aliphatic heterocycles. The van der Waals surface area contributed by atoms with Crippen molar-refractivity contribution in [1.82, 2.24) is 15.0 Å². The molecule has 5 nitrogen and oxygen atoms in total. The number of rotatable bonds is 1. The summed E-state index contributed by atoms with van der Waals surface area (Å²) in [4.78, 5) is 24.4. The van der Waals surface area contributed by atoms with Gasteiger partial charge in [-0.15, -0.1) is 11.3 Å². The predicted molar refractivity (Wildman–Crippen MR) is 82.7 cm³/mol. The van der Waals surface area contributed by atoms with Crippen LogP contribution >= 0.6 is 11.3 Å². The highest BCUT2D eigenvalue weighted by Crippen LogP contribution is 2.33. The topological polar surface area (TPSA) is 67.9 Å². The summed E-state index contributed by atoms with van der Waals surface area (Å²) in [7, 11) is 0. The van der Waals surface area contributed by atoms with E-state index < -0.39 is 0 Å². The average Bonchev–Trinajstić information content (AvgIpc) is 2.83. The molecule has 1 N–H and O–H groups in total. The Labute approximate surface area is 125 Å². The van der Waals surface area contributed by atoms with Crippen LogP contribution in [-0.4, -0.2) is 21.1 Å². The molecule has 21 heavy (non-hydrogen) atoms. The van der Waals surface area contributed by atoms with Crippen LogP contribution < -0.4 is 5.56 Å². The number of nitrogens with one attached hydrogen (secondary N) is 1. The second kappa shape index (κ2) is 4.61. The highest BCUT2D eigenvalue weighted by molar-refractivity contribution is 7.25. The summed E-state index contributed by atoms with van der Waals surface area (Å²) in [5.74, 6) is 0.475. The molecular formula is C15H15N3O2S. The number of aromatic nitrogens is 3. The molecule has 108 valence electrons. The molecule has 0 aromatic carbocycles. The third-order valence-corrected chi connectivity index (χ3v) is 5.10. The number of hydrogen-bond donors (Lipinski definition) is 1. The standard InChI is InChI=1S/C15H15N3O2S/c1-7(2)11-4-10-8(5-20-11)3-9-12-13(21-15(9)18-10)14(19)17-6-16-12/h3,6-7,11H,4-5H2,1-2H3,(H,16,17,19). The Balaban J connectivity index is 1.94. The molecule has 6 heteroatoms. The van der Waals surface area contributed by atoms with Gasteiger partial charge in [0.05, 0.1) is 30.2 Å². The molecule has 1 unspecified atom stereocenters. The normalized spacial score (nSPS) is 18.5. The maximum atomic E-state index is 11.9. The van der Waals surface area contributed by atoms with Crippen LogP contribution in [0.25, 0.3) is 20.4 Å². The molecule has 0 spiro atoms. The van der Waals surface area contributed by atoms with Gasteiger partial charge < -0.3 is 9.72 Å². The number of ether oxygens (including phenoxy) is 1. The van der Waals surface area contributed by atoms with E-state index >= 15 is 0 Å². The molecule has 0 aliphatic carbocycles. The maximum Gasteiger partial charge on any atom is 0.268 e. The highest BCUT2D eigenvalue weighted by Gasteiger charge is 2.24. The smallest absolute Gasteiger partial charge is 0.268 e. The zero-order valence-corrected chi connectivity index (χ0v) is 12.7. The summed E-state index contributed by atoms with van der Waals surface area (Å²) in [5.41, 5.74) is 2.84. The van der Waals surface area contributed by atoms with Crippen molar-refractivity contribution in [2.45, 2.75) is 33.0 Å². The van der Waals surface area contributed by atoms with Gasteiger partial charge in [0.2, 0.25) is 0 Å². The summed E-state index contributed by atoms with van der Waals surface area (Å²) >= 11 is 1.41. The molecular weight excluding hydrogens is 286 g/mol. The summed E-state index contributed by atoms with van der Waals surface area (Å²) in [5, 5.41) is 0.950. The first-order chi connectivity index (χ1) is 10.1. The van der Waals surface area contributed by atoms with Crippen molar-refractivity contribution in [3.63, 3.8) is 0 Å². The van der Waals surface area contributed by atoms with E-state index in [0.717, 1.165) is 33.4 Å². The molecule has 0 bridgehead atoms. The lowest BCUT2D eigenvalue weighted by Crippen LogP contribution is -2.27. The van der Waals surface area contributed by atoms with Gasteiger partial charge in [-0.1, -0.05) is 13.8 Å². The van der Waals surface area contributed by atoms with E-state index in [-0.39, 0.29) is 11.7 Å². The fourth-order valence-corrected chi connectivity index (χ4v) is 3.79. The van der Waals surface area contributed by atoms with Crippen LogP contribution in [0, 0.1) is 5.92 Å². The Bertz CT molecular complexity index is 897. The van der Waals surface area contributed by atoms with Gasteiger partial charge in [0, 0.05) is 17.4 Å². The van der Waals surface area contributed by atoms with Gasteiger partial charge in [0.25, 0.3) is 5.56 Å². The zero-order valence-electron chi connectivity index (χ0n) is 11.8. The molecule has 1 atom stereocenters. The first kappa shape index (κ1) is 12.9. The third-order valence-electron chi connectivity index (χ3n) is 4.01. The molecule has 0 radical (unpaired) electrons. The SMILES string of the molecule is CC(C)C1Cc2nc3sc4c(=O)[nH]cnc4c3cc2CO1. The van der Waals surface area contributed by atoms with Crippen molar-refractivity contribution >= 4 is 31.8 Å². The Morgan fingerprint density at radius 3 is 3.14 bits per heavy atom. The molecule has 3 aromatic rings. The van der Waals surface area contributed by atoms with Gasteiger partial charge in [-0.3, -0.25) is 4.79 Å². The lowest BCUT2D eigenvalue weighted by molar-refractivity contribution is -0.00134. The molecule has 0 saturated carbocycles. The van der Waals surface area contributed by atoms with Crippen LogP contribution in [-0.2, 0) is 17.8 Å².